The van der Waals surface area contributed by atoms with Gasteiger partial charge in [0.15, 0.2) is 0 Å². The number of alkyl halides is 1. The fourth-order valence-corrected chi connectivity index (χ4v) is 4.38. The normalized spacial score (nSPS) is 13.6. The summed E-state index contributed by atoms with van der Waals surface area (Å²) in [4.78, 5) is 4.56. The molecule has 0 aliphatic heterocycles. The molecule has 6 heteroatoms. The smallest absolute Gasteiger partial charge is 0.241 e. The number of hydrogen-bond donors (Lipinski definition) is 1. The summed E-state index contributed by atoms with van der Waals surface area (Å²) in [5.74, 6) is 0. The average Bonchev–Trinajstić information content (AvgIpc) is 2.45. The van der Waals surface area contributed by atoms with E-state index in [0.29, 0.717) is 10.7 Å². The van der Waals surface area contributed by atoms with Crippen molar-refractivity contribution in [2.75, 3.05) is 5.33 Å². The molecule has 0 spiro atoms. The van der Waals surface area contributed by atoms with Gasteiger partial charge in [-0.1, -0.05) is 28.9 Å². The van der Waals surface area contributed by atoms with Crippen molar-refractivity contribution < 1.29 is 8.42 Å². The van der Waals surface area contributed by atoms with Crippen LogP contribution in [0.3, 0.4) is 0 Å². The minimum absolute atomic E-state index is 0.118. The number of benzene rings is 1. The van der Waals surface area contributed by atoms with Crippen LogP contribution < -0.4 is 4.72 Å². The van der Waals surface area contributed by atoms with Gasteiger partial charge >= 0.3 is 0 Å². The molecule has 0 amide bonds. The van der Waals surface area contributed by atoms with Gasteiger partial charge < -0.3 is 0 Å². The molecule has 1 unspecified atom stereocenters. The van der Waals surface area contributed by atoms with Crippen LogP contribution in [0.1, 0.15) is 18.9 Å². The average molecular weight is 357 g/mol. The molecule has 4 nitrogen and oxygen atoms in total. The summed E-state index contributed by atoms with van der Waals surface area (Å²) in [6, 6.07) is 6.86. The fraction of sp³-hybridized carbons (Fsp3) is 0.357. The Morgan fingerprint density at radius 3 is 2.75 bits per heavy atom. The Hall–Kier alpha value is -0.980. The van der Waals surface area contributed by atoms with Gasteiger partial charge in [0.25, 0.3) is 0 Å². The predicted octanol–water partition coefficient (Wildman–Crippen LogP) is 3.00. The molecule has 1 atom stereocenters. The van der Waals surface area contributed by atoms with Gasteiger partial charge in [0, 0.05) is 23.0 Å². The summed E-state index contributed by atoms with van der Waals surface area (Å²) in [7, 11) is -3.55. The third kappa shape index (κ3) is 3.02. The Kier molecular flexibility index (Phi) is 4.78. The van der Waals surface area contributed by atoms with Crippen molar-refractivity contribution in [2.24, 2.45) is 0 Å². The second-order valence-electron chi connectivity index (χ2n) is 4.66. The Labute approximate surface area is 127 Å². The van der Waals surface area contributed by atoms with E-state index in [1.807, 2.05) is 13.8 Å². The highest BCUT2D eigenvalue weighted by Gasteiger charge is 2.21. The zero-order valence-electron chi connectivity index (χ0n) is 11.4. The van der Waals surface area contributed by atoms with E-state index in [1.165, 1.54) is 0 Å². The monoisotopic (exact) mass is 356 g/mol. The van der Waals surface area contributed by atoms with E-state index in [-0.39, 0.29) is 10.9 Å². The van der Waals surface area contributed by atoms with Crippen LogP contribution in [0.25, 0.3) is 10.9 Å². The van der Waals surface area contributed by atoms with Crippen molar-refractivity contribution in [3.8, 4) is 0 Å². The van der Waals surface area contributed by atoms with Crippen LogP contribution in [0.2, 0.25) is 0 Å². The Morgan fingerprint density at radius 2 is 2.10 bits per heavy atom. The Bertz CT molecular complexity index is 712. The molecule has 108 valence electrons. The molecule has 1 heterocycles. The van der Waals surface area contributed by atoms with Crippen LogP contribution in [0.5, 0.6) is 0 Å². The molecular weight excluding hydrogens is 340 g/mol. The van der Waals surface area contributed by atoms with Gasteiger partial charge in [0.05, 0.1) is 10.4 Å². The van der Waals surface area contributed by atoms with E-state index in [9.17, 15) is 8.42 Å². The van der Waals surface area contributed by atoms with Crippen LogP contribution in [0, 0.1) is 6.92 Å². The number of nitrogens with zero attached hydrogens (tertiary/aromatic N) is 1. The highest BCUT2D eigenvalue weighted by Crippen LogP contribution is 2.24. The second-order valence-corrected chi connectivity index (χ2v) is 6.99. The van der Waals surface area contributed by atoms with Crippen molar-refractivity contribution >= 4 is 36.9 Å². The summed E-state index contributed by atoms with van der Waals surface area (Å²) in [6.07, 6.45) is 2.40. The Balaban J connectivity index is 2.55. The number of fused-ring (bicyclic) bond motifs is 1. The summed E-state index contributed by atoms with van der Waals surface area (Å²) in [5, 5.41) is 1.24. The first kappa shape index (κ1) is 15.4. The van der Waals surface area contributed by atoms with Gasteiger partial charge in [-0.05, 0) is 37.1 Å². The van der Waals surface area contributed by atoms with Gasteiger partial charge in [-0.25, -0.2) is 13.1 Å². The third-order valence-electron chi connectivity index (χ3n) is 3.22. The first-order valence-electron chi connectivity index (χ1n) is 6.42. The van der Waals surface area contributed by atoms with Crippen molar-refractivity contribution in [3.63, 3.8) is 0 Å². The molecule has 0 bridgehead atoms. The summed E-state index contributed by atoms with van der Waals surface area (Å²) in [6.45, 7) is 3.87. The molecule has 0 saturated carbocycles. The highest BCUT2D eigenvalue weighted by molar-refractivity contribution is 9.09. The van der Waals surface area contributed by atoms with E-state index in [1.54, 1.807) is 30.5 Å². The lowest BCUT2D eigenvalue weighted by molar-refractivity contribution is 0.560. The molecule has 0 radical (unpaired) electrons. The Morgan fingerprint density at radius 1 is 1.35 bits per heavy atom. The predicted molar refractivity (Wildman–Crippen MR) is 84.7 cm³/mol. The topological polar surface area (TPSA) is 59.1 Å². The van der Waals surface area contributed by atoms with Crippen LogP contribution in [-0.4, -0.2) is 24.8 Å². The minimum atomic E-state index is -3.55. The zero-order chi connectivity index (χ0) is 14.8. The maximum Gasteiger partial charge on any atom is 0.241 e. The number of sulfonamides is 1. The van der Waals surface area contributed by atoms with E-state index >= 15 is 0 Å². The van der Waals surface area contributed by atoms with Crippen molar-refractivity contribution in [3.05, 3.63) is 36.0 Å². The lowest BCUT2D eigenvalue weighted by Gasteiger charge is -2.16. The standard InChI is InChI=1S/C14H17BrN2O2S/c1-3-11(9-15)17-20(18,19)13-7-6-10(2)14-12(13)5-4-8-16-14/h4-8,11,17H,3,9H2,1-2H3. The number of rotatable bonds is 5. The van der Waals surface area contributed by atoms with E-state index < -0.39 is 10.0 Å². The van der Waals surface area contributed by atoms with Crippen molar-refractivity contribution in [1.29, 1.82) is 0 Å². The molecule has 0 aliphatic rings. The van der Waals surface area contributed by atoms with Crippen LogP contribution >= 0.6 is 15.9 Å². The molecule has 0 saturated heterocycles. The minimum Gasteiger partial charge on any atom is -0.256 e. The maximum atomic E-state index is 12.5. The lowest BCUT2D eigenvalue weighted by Crippen LogP contribution is -2.35. The zero-order valence-corrected chi connectivity index (χ0v) is 13.8. The molecular formula is C14H17BrN2O2S. The SMILES string of the molecule is CCC(CBr)NS(=O)(=O)c1ccc(C)c2ncccc12. The molecule has 1 N–H and O–H groups in total. The van der Waals surface area contributed by atoms with E-state index in [4.69, 9.17) is 0 Å². The highest BCUT2D eigenvalue weighted by atomic mass is 79.9. The molecule has 1 aromatic heterocycles. The van der Waals surface area contributed by atoms with Gasteiger partial charge in [0.2, 0.25) is 10.0 Å². The second kappa shape index (κ2) is 6.20. The summed E-state index contributed by atoms with van der Waals surface area (Å²) in [5.41, 5.74) is 1.69. The van der Waals surface area contributed by atoms with Crippen molar-refractivity contribution in [1.82, 2.24) is 9.71 Å². The quantitative estimate of drug-likeness (QED) is 0.837. The molecule has 2 aromatic rings. The van der Waals surface area contributed by atoms with Crippen LogP contribution in [0.4, 0.5) is 0 Å². The van der Waals surface area contributed by atoms with E-state index in [0.717, 1.165) is 17.5 Å². The van der Waals surface area contributed by atoms with Gasteiger partial charge in [-0.3, -0.25) is 4.98 Å². The molecule has 0 aliphatic carbocycles. The van der Waals surface area contributed by atoms with Gasteiger partial charge in [-0.2, -0.15) is 0 Å². The first-order valence-corrected chi connectivity index (χ1v) is 9.02. The van der Waals surface area contributed by atoms with Gasteiger partial charge in [0.1, 0.15) is 0 Å². The molecule has 20 heavy (non-hydrogen) atoms. The van der Waals surface area contributed by atoms with Crippen molar-refractivity contribution in [2.45, 2.75) is 31.2 Å². The number of nitrogens with one attached hydrogen (secondary N) is 1. The maximum absolute atomic E-state index is 12.5. The van der Waals surface area contributed by atoms with E-state index in [2.05, 4.69) is 25.6 Å². The fourth-order valence-electron chi connectivity index (χ4n) is 2.03. The molecule has 1 aromatic carbocycles. The summed E-state index contributed by atoms with van der Waals surface area (Å²) >= 11 is 3.32. The number of aryl methyl sites for hydroxylation is 1. The first-order chi connectivity index (χ1) is 9.49. The number of hydrogen-bond acceptors (Lipinski definition) is 3. The third-order valence-corrected chi connectivity index (χ3v) is 5.58. The number of aromatic nitrogens is 1. The number of halogens is 1. The van der Waals surface area contributed by atoms with Crippen LogP contribution in [0.15, 0.2) is 35.4 Å². The largest absolute Gasteiger partial charge is 0.256 e. The van der Waals surface area contributed by atoms with Gasteiger partial charge in [-0.15, -0.1) is 0 Å². The lowest BCUT2D eigenvalue weighted by atomic mass is 10.1. The number of pyridine rings is 1. The molecule has 0 fully saturated rings. The van der Waals surface area contributed by atoms with Crippen LogP contribution in [-0.2, 0) is 10.0 Å². The summed E-state index contributed by atoms with van der Waals surface area (Å²) < 4.78 is 27.8. The molecule has 2 rings (SSSR count).